The fraction of sp³-hybridized carbons (Fsp3) is 0.286. The Morgan fingerprint density at radius 2 is 0.762 bits per heavy atom. The fourth-order valence-electron chi connectivity index (χ4n) is 5.86. The Bertz CT molecular complexity index is 1780. The number of aromatic hydroxyl groups is 4. The number of aromatic nitrogens is 2. The number of rotatable bonds is 6. The van der Waals surface area contributed by atoms with E-state index >= 15 is 0 Å². The lowest BCUT2D eigenvalue weighted by atomic mass is 9.90. The van der Waals surface area contributed by atoms with Crippen LogP contribution in [-0.2, 0) is 33.1 Å². The molecule has 0 unspecified atom stereocenters. The van der Waals surface area contributed by atoms with Crippen molar-refractivity contribution in [2.45, 2.75) is 64.2 Å². The number of benzene rings is 2. The largest absolute Gasteiger partial charge is 0.492 e. The highest BCUT2D eigenvalue weighted by Gasteiger charge is 2.38. The lowest BCUT2D eigenvalue weighted by Crippen LogP contribution is -2.22. The van der Waals surface area contributed by atoms with E-state index in [0.29, 0.717) is 31.7 Å². The van der Waals surface area contributed by atoms with Gasteiger partial charge in [0.1, 0.15) is 9.79 Å². The number of nitrogens with zero attached hydrogens (tertiary/aromatic N) is 2. The molecule has 0 saturated heterocycles. The summed E-state index contributed by atoms with van der Waals surface area (Å²) in [6.07, 6.45) is -0.636. The Morgan fingerprint density at radius 3 is 1.00 bits per heavy atom. The molecule has 0 atom stereocenters. The molecule has 1 aliphatic carbocycles. The van der Waals surface area contributed by atoms with E-state index in [9.17, 15) is 37.3 Å². The molecule has 0 spiro atoms. The average Bonchev–Trinajstić information content (AvgIpc) is 3.21. The highest BCUT2D eigenvalue weighted by Crippen LogP contribution is 2.47. The molecule has 1 aliphatic rings. The van der Waals surface area contributed by atoms with Crippen LogP contribution in [-0.4, -0.2) is 46.7 Å². The number of hydrogen-bond acceptors (Lipinski definition) is 10. The van der Waals surface area contributed by atoms with Gasteiger partial charge in [0.2, 0.25) is 23.5 Å². The molecule has 0 amide bonds. The third-order valence-corrected chi connectivity index (χ3v) is 10.3. The zero-order chi connectivity index (χ0) is 31.0. The first-order chi connectivity index (χ1) is 19.4. The second-order valence-electron chi connectivity index (χ2n) is 10.7. The minimum atomic E-state index is -4.52. The first-order valence-corrected chi connectivity index (χ1v) is 15.6. The average molecular weight is 619 g/mol. The van der Waals surface area contributed by atoms with Gasteiger partial charge in [0.15, 0.2) is 0 Å². The molecule has 42 heavy (non-hydrogen) atoms. The molecule has 0 radical (unpaired) electrons. The van der Waals surface area contributed by atoms with Gasteiger partial charge in [-0.05, 0) is 63.8 Å². The first kappa shape index (κ1) is 29.2. The van der Waals surface area contributed by atoms with Crippen LogP contribution in [0.5, 0.6) is 23.5 Å². The van der Waals surface area contributed by atoms with Crippen LogP contribution >= 0.6 is 0 Å². The molecule has 0 saturated carbocycles. The Balaban J connectivity index is 1.51. The number of hydrogen-bond donors (Lipinski definition) is 4. The monoisotopic (exact) mass is 618 g/mol. The Kier molecular flexibility index (Phi) is 6.69. The van der Waals surface area contributed by atoms with E-state index in [1.54, 1.807) is 52.0 Å². The molecular weight excluding hydrogens is 588 g/mol. The third kappa shape index (κ3) is 4.50. The van der Waals surface area contributed by atoms with Crippen molar-refractivity contribution in [3.8, 4) is 23.5 Å². The first-order valence-electron chi connectivity index (χ1n) is 12.8. The molecule has 4 N–H and O–H groups in total. The second kappa shape index (κ2) is 9.63. The molecule has 0 bridgehead atoms. The highest BCUT2D eigenvalue weighted by atomic mass is 32.2. The quantitative estimate of drug-likeness (QED) is 0.221. The van der Waals surface area contributed by atoms with Crippen molar-refractivity contribution in [1.29, 1.82) is 0 Å². The third-order valence-electron chi connectivity index (χ3n) is 7.34. The smallest absolute Gasteiger partial charge is 0.357 e. The summed E-state index contributed by atoms with van der Waals surface area (Å²) in [7, 11) is -9.03. The summed E-state index contributed by atoms with van der Waals surface area (Å²) < 4.78 is 63.8. The van der Waals surface area contributed by atoms with Gasteiger partial charge >= 0.3 is 20.2 Å². The van der Waals surface area contributed by atoms with Crippen LogP contribution in [0, 0.1) is 41.5 Å². The van der Waals surface area contributed by atoms with Gasteiger partial charge in [0, 0.05) is 35.1 Å². The Morgan fingerprint density at radius 1 is 0.524 bits per heavy atom. The lowest BCUT2D eigenvalue weighted by Gasteiger charge is -2.14. The van der Waals surface area contributed by atoms with Gasteiger partial charge in [0.25, 0.3) is 0 Å². The summed E-state index contributed by atoms with van der Waals surface area (Å²) in [4.78, 5) is -0.242. The summed E-state index contributed by atoms with van der Waals surface area (Å²) in [5, 5.41) is 43.6. The van der Waals surface area contributed by atoms with Crippen molar-refractivity contribution in [3.63, 3.8) is 0 Å². The maximum Gasteiger partial charge on any atom is 0.357 e. The lowest BCUT2D eigenvalue weighted by molar-refractivity contribution is 0.200. The Hall–Kier alpha value is -4.30. The SMILES string of the molecule is Cc1cc(C)c(S(=O)(=O)On2c(O)c3c(c2O)Cc2c(c(O)n(OS(=O)(=O)c4c(C)cc(C)cc4C)c2O)C3)c(C)c1. The summed E-state index contributed by atoms with van der Waals surface area (Å²) in [5.41, 5.74) is 3.36. The highest BCUT2D eigenvalue weighted by molar-refractivity contribution is 7.87. The molecule has 224 valence electrons. The van der Waals surface area contributed by atoms with Gasteiger partial charge in [-0.2, -0.15) is 16.8 Å². The molecular formula is C28H30N2O10S2. The normalized spacial score (nSPS) is 13.1. The number of fused-ring (bicyclic) bond motifs is 2. The van der Waals surface area contributed by atoms with Gasteiger partial charge in [-0.25, -0.2) is 0 Å². The van der Waals surface area contributed by atoms with Crippen LogP contribution in [0.2, 0.25) is 0 Å². The molecule has 2 heterocycles. The maximum atomic E-state index is 13.2. The summed E-state index contributed by atoms with van der Waals surface area (Å²) in [5.74, 6) is -2.98. The van der Waals surface area contributed by atoms with Crippen molar-refractivity contribution >= 4 is 20.2 Å². The second-order valence-corrected chi connectivity index (χ2v) is 13.6. The number of aryl methyl sites for hydroxylation is 6. The minimum absolute atomic E-state index is 0.00748. The van der Waals surface area contributed by atoms with Crippen LogP contribution in [0.4, 0.5) is 0 Å². The van der Waals surface area contributed by atoms with Crippen molar-refractivity contribution in [3.05, 3.63) is 79.9 Å². The van der Waals surface area contributed by atoms with Crippen molar-refractivity contribution in [2.24, 2.45) is 0 Å². The van der Waals surface area contributed by atoms with E-state index < -0.39 is 43.8 Å². The summed E-state index contributed by atoms with van der Waals surface area (Å²) >= 11 is 0. The van der Waals surface area contributed by atoms with Gasteiger partial charge < -0.3 is 20.4 Å². The zero-order valence-electron chi connectivity index (χ0n) is 23.7. The Labute approximate surface area is 242 Å². The molecule has 12 nitrogen and oxygen atoms in total. The molecule has 2 aromatic heterocycles. The van der Waals surface area contributed by atoms with Gasteiger partial charge in [0.05, 0.1) is 0 Å². The van der Waals surface area contributed by atoms with Crippen LogP contribution in [0.15, 0.2) is 34.1 Å². The zero-order valence-corrected chi connectivity index (χ0v) is 25.3. The van der Waals surface area contributed by atoms with Crippen molar-refractivity contribution in [2.75, 3.05) is 0 Å². The molecule has 0 aliphatic heterocycles. The van der Waals surface area contributed by atoms with Gasteiger partial charge in [-0.3, -0.25) is 8.57 Å². The van der Waals surface area contributed by atoms with E-state index in [2.05, 4.69) is 0 Å². The molecule has 14 heteroatoms. The van der Waals surface area contributed by atoms with Crippen molar-refractivity contribution < 1.29 is 45.8 Å². The van der Waals surface area contributed by atoms with Gasteiger partial charge in [-0.1, -0.05) is 44.9 Å². The van der Waals surface area contributed by atoms with E-state index in [1.807, 2.05) is 13.8 Å². The predicted octanol–water partition coefficient (Wildman–Crippen LogP) is 3.09. The fourth-order valence-corrected chi connectivity index (χ4v) is 8.50. The summed E-state index contributed by atoms with van der Waals surface area (Å²) in [6.45, 7) is 10.0. The maximum absolute atomic E-state index is 13.2. The molecule has 5 rings (SSSR count). The van der Waals surface area contributed by atoms with Crippen molar-refractivity contribution in [1.82, 2.24) is 9.46 Å². The van der Waals surface area contributed by atoms with E-state index in [1.165, 1.54) is 0 Å². The molecule has 2 aromatic carbocycles. The van der Waals surface area contributed by atoms with Gasteiger partial charge in [-0.15, -0.1) is 0 Å². The van der Waals surface area contributed by atoms with E-state index in [0.717, 1.165) is 11.1 Å². The summed E-state index contributed by atoms with van der Waals surface area (Å²) in [6, 6.07) is 6.63. The predicted molar refractivity (Wildman–Crippen MR) is 150 cm³/mol. The standard InChI is InChI=1S/C28H30N2O10S2/c1-13-7-15(3)23(16(4)8-13)41(35,36)39-29-25(31)19-11-21-22(12-20(19)26(29)32)28(34)30(27(21)33)40-42(37,38)24-17(5)9-14(2)10-18(24)6/h7-10,31-34H,11-12H2,1-6H3. The topological polar surface area (TPSA) is 178 Å². The minimum Gasteiger partial charge on any atom is -0.492 e. The van der Waals surface area contributed by atoms with Crippen LogP contribution in [0.25, 0.3) is 0 Å². The van der Waals surface area contributed by atoms with Crippen LogP contribution in [0.3, 0.4) is 0 Å². The van der Waals surface area contributed by atoms with E-state index in [-0.39, 0.29) is 44.9 Å². The molecule has 0 fully saturated rings. The molecule has 4 aromatic rings. The van der Waals surface area contributed by atoms with Crippen LogP contribution < -0.4 is 8.57 Å². The van der Waals surface area contributed by atoms with E-state index in [4.69, 9.17) is 8.57 Å². The van der Waals surface area contributed by atoms with Crippen LogP contribution in [0.1, 0.15) is 55.6 Å².